The predicted octanol–water partition coefficient (Wildman–Crippen LogP) is 1.74. The van der Waals surface area contributed by atoms with Crippen LogP contribution in [-0.4, -0.2) is 43.0 Å². The Kier molecular flexibility index (Phi) is 9.11. The zero-order valence-electron chi connectivity index (χ0n) is 14.9. The lowest BCUT2D eigenvalue weighted by Crippen LogP contribution is -2.33. The first-order chi connectivity index (χ1) is 11.6. The van der Waals surface area contributed by atoms with Gasteiger partial charge in [-0.1, -0.05) is 6.07 Å². The molecule has 0 aliphatic carbocycles. The van der Waals surface area contributed by atoms with Crippen LogP contribution in [-0.2, 0) is 19.9 Å². The molecule has 8 heteroatoms. The molecule has 0 atom stereocenters. The minimum absolute atomic E-state index is 0. The number of aliphatic imine (C=N–C) groups is 1. The minimum atomic E-state index is 0. The van der Waals surface area contributed by atoms with E-state index in [-0.39, 0.29) is 24.0 Å². The second-order valence-electron chi connectivity index (χ2n) is 5.41. The summed E-state index contributed by atoms with van der Waals surface area (Å²) in [5.41, 5.74) is 8.18. The molecule has 3 N–H and O–H groups in total. The summed E-state index contributed by atoms with van der Waals surface area (Å²) >= 11 is 0. The van der Waals surface area contributed by atoms with Gasteiger partial charge in [-0.05, 0) is 36.1 Å². The average molecular weight is 459 g/mol. The Morgan fingerprint density at radius 1 is 1.20 bits per heavy atom. The summed E-state index contributed by atoms with van der Waals surface area (Å²) < 4.78 is 12.3. The van der Waals surface area contributed by atoms with Gasteiger partial charge in [-0.25, -0.2) is 0 Å². The van der Waals surface area contributed by atoms with Gasteiger partial charge in [0.1, 0.15) is 0 Å². The number of hydrogen-bond donors (Lipinski definition) is 2. The number of halogens is 1. The monoisotopic (exact) mass is 459 g/mol. The fourth-order valence-electron chi connectivity index (χ4n) is 2.33. The molecular weight excluding hydrogens is 433 g/mol. The average Bonchev–Trinajstić information content (AvgIpc) is 3.00. The molecule has 0 aliphatic heterocycles. The molecule has 0 saturated heterocycles. The minimum Gasteiger partial charge on any atom is -0.493 e. The highest BCUT2D eigenvalue weighted by Gasteiger charge is 2.04. The highest BCUT2D eigenvalue weighted by molar-refractivity contribution is 14.0. The summed E-state index contributed by atoms with van der Waals surface area (Å²) in [6, 6.07) is 5.86. The third-order valence-corrected chi connectivity index (χ3v) is 3.61. The van der Waals surface area contributed by atoms with Crippen LogP contribution in [0.2, 0.25) is 0 Å². The van der Waals surface area contributed by atoms with Crippen LogP contribution in [0.1, 0.15) is 11.1 Å². The number of aryl methyl sites for hydroxylation is 1. The van der Waals surface area contributed by atoms with Crippen molar-refractivity contribution in [3.8, 4) is 11.5 Å². The van der Waals surface area contributed by atoms with Crippen molar-refractivity contribution in [3.05, 3.63) is 41.7 Å². The van der Waals surface area contributed by atoms with E-state index in [0.717, 1.165) is 36.4 Å². The molecule has 0 fully saturated rings. The first-order valence-corrected chi connectivity index (χ1v) is 7.84. The van der Waals surface area contributed by atoms with E-state index < -0.39 is 0 Å². The van der Waals surface area contributed by atoms with Gasteiger partial charge < -0.3 is 20.5 Å². The van der Waals surface area contributed by atoms with E-state index in [4.69, 9.17) is 15.2 Å². The first-order valence-electron chi connectivity index (χ1n) is 7.84. The molecule has 2 rings (SSSR count). The van der Waals surface area contributed by atoms with Gasteiger partial charge >= 0.3 is 0 Å². The smallest absolute Gasteiger partial charge is 0.188 e. The van der Waals surface area contributed by atoms with E-state index in [9.17, 15) is 0 Å². The molecule has 0 radical (unpaired) electrons. The van der Waals surface area contributed by atoms with Gasteiger partial charge in [-0.15, -0.1) is 24.0 Å². The Balaban J connectivity index is 0.00000312. The molecule has 0 amide bonds. The number of ether oxygens (including phenoxy) is 2. The van der Waals surface area contributed by atoms with Gasteiger partial charge in [-0.2, -0.15) is 5.10 Å². The zero-order chi connectivity index (χ0) is 17.4. The second kappa shape index (κ2) is 10.8. The first kappa shape index (κ1) is 21.1. The molecule has 25 heavy (non-hydrogen) atoms. The Hall–Kier alpha value is -1.97. The molecular formula is C17H26IN5O2. The van der Waals surface area contributed by atoms with E-state index in [2.05, 4.69) is 15.4 Å². The lowest BCUT2D eigenvalue weighted by atomic mass is 10.1. The van der Waals surface area contributed by atoms with Crippen LogP contribution in [0, 0.1) is 0 Å². The van der Waals surface area contributed by atoms with Crippen molar-refractivity contribution >= 4 is 29.9 Å². The van der Waals surface area contributed by atoms with Gasteiger partial charge in [0, 0.05) is 26.3 Å². The summed E-state index contributed by atoms with van der Waals surface area (Å²) in [4.78, 5) is 4.34. The summed E-state index contributed by atoms with van der Waals surface area (Å²) in [7, 11) is 5.16. The van der Waals surface area contributed by atoms with Crippen molar-refractivity contribution in [2.75, 3.05) is 27.3 Å². The maximum atomic E-state index is 5.88. The maximum absolute atomic E-state index is 5.88. The highest BCUT2D eigenvalue weighted by atomic mass is 127. The zero-order valence-corrected chi connectivity index (χ0v) is 17.2. The topological polar surface area (TPSA) is 86.7 Å². The van der Waals surface area contributed by atoms with Crippen LogP contribution in [0.4, 0.5) is 0 Å². The largest absolute Gasteiger partial charge is 0.493 e. The Morgan fingerprint density at radius 2 is 1.96 bits per heavy atom. The Labute approximate surface area is 165 Å². The molecule has 0 spiro atoms. The summed E-state index contributed by atoms with van der Waals surface area (Å²) in [6.45, 7) is 1.35. The standard InChI is InChI=1S/C17H25N5O2.HI/c1-22-12-14(11-21-22)7-9-20-17(18)19-8-6-13-4-5-15(23-2)16(10-13)24-3;/h4-5,10-12H,6-9H2,1-3H3,(H3,18,19,20);1H. The highest BCUT2D eigenvalue weighted by Crippen LogP contribution is 2.27. The fourth-order valence-corrected chi connectivity index (χ4v) is 2.33. The maximum Gasteiger partial charge on any atom is 0.188 e. The van der Waals surface area contributed by atoms with E-state index in [1.807, 2.05) is 37.6 Å². The van der Waals surface area contributed by atoms with Crippen LogP contribution >= 0.6 is 24.0 Å². The summed E-state index contributed by atoms with van der Waals surface area (Å²) in [6.07, 6.45) is 5.49. The normalized spacial score (nSPS) is 10.9. The molecule has 2 aromatic rings. The van der Waals surface area contributed by atoms with Crippen LogP contribution < -0.4 is 20.5 Å². The number of hydrogen-bond acceptors (Lipinski definition) is 4. The van der Waals surface area contributed by atoms with Crippen molar-refractivity contribution < 1.29 is 9.47 Å². The number of nitrogens with one attached hydrogen (secondary N) is 1. The second-order valence-corrected chi connectivity index (χ2v) is 5.41. The van der Waals surface area contributed by atoms with Gasteiger partial charge in [0.2, 0.25) is 0 Å². The van der Waals surface area contributed by atoms with Crippen LogP contribution in [0.5, 0.6) is 11.5 Å². The van der Waals surface area contributed by atoms with Crippen molar-refractivity contribution in [2.45, 2.75) is 12.8 Å². The van der Waals surface area contributed by atoms with Crippen molar-refractivity contribution in [3.63, 3.8) is 0 Å². The molecule has 0 aliphatic rings. The van der Waals surface area contributed by atoms with E-state index in [0.29, 0.717) is 12.5 Å². The van der Waals surface area contributed by atoms with Gasteiger partial charge in [0.25, 0.3) is 0 Å². The molecule has 1 aromatic heterocycles. The van der Waals surface area contributed by atoms with Crippen LogP contribution in [0.15, 0.2) is 35.6 Å². The fraction of sp³-hybridized carbons (Fsp3) is 0.412. The Bertz CT molecular complexity index is 687. The van der Waals surface area contributed by atoms with E-state index in [1.54, 1.807) is 18.9 Å². The SMILES string of the molecule is COc1ccc(CCN=C(N)NCCc2cnn(C)c2)cc1OC.I. The number of methoxy groups -OCH3 is 2. The lowest BCUT2D eigenvalue weighted by Gasteiger charge is -2.09. The number of rotatable bonds is 8. The molecule has 0 unspecified atom stereocenters. The van der Waals surface area contributed by atoms with Gasteiger partial charge in [0.15, 0.2) is 17.5 Å². The molecule has 138 valence electrons. The van der Waals surface area contributed by atoms with E-state index in [1.165, 1.54) is 5.56 Å². The third kappa shape index (κ3) is 6.81. The molecule has 1 aromatic carbocycles. The third-order valence-electron chi connectivity index (χ3n) is 3.61. The molecule has 1 heterocycles. The van der Waals surface area contributed by atoms with Crippen LogP contribution in [0.3, 0.4) is 0 Å². The summed E-state index contributed by atoms with van der Waals surface area (Å²) in [5.74, 6) is 1.90. The number of guanidine groups is 1. The van der Waals surface area contributed by atoms with E-state index >= 15 is 0 Å². The number of nitrogens with two attached hydrogens (primary N) is 1. The summed E-state index contributed by atoms with van der Waals surface area (Å²) in [5, 5.41) is 7.25. The van der Waals surface area contributed by atoms with Gasteiger partial charge in [-0.3, -0.25) is 9.67 Å². The van der Waals surface area contributed by atoms with Crippen molar-refractivity contribution in [1.82, 2.24) is 15.1 Å². The molecule has 0 saturated carbocycles. The Morgan fingerprint density at radius 3 is 2.60 bits per heavy atom. The molecule has 7 nitrogen and oxygen atoms in total. The number of aromatic nitrogens is 2. The quantitative estimate of drug-likeness (QED) is 0.357. The number of nitrogens with zero attached hydrogens (tertiary/aromatic N) is 3. The van der Waals surface area contributed by atoms with Crippen LogP contribution in [0.25, 0.3) is 0 Å². The van der Waals surface area contributed by atoms with Crippen molar-refractivity contribution in [1.29, 1.82) is 0 Å². The van der Waals surface area contributed by atoms with Crippen molar-refractivity contribution in [2.24, 2.45) is 17.8 Å². The molecule has 0 bridgehead atoms. The lowest BCUT2D eigenvalue weighted by molar-refractivity contribution is 0.354. The van der Waals surface area contributed by atoms with Gasteiger partial charge in [0.05, 0.1) is 20.4 Å². The predicted molar refractivity (Wildman–Crippen MR) is 110 cm³/mol. The number of benzene rings is 1.